The van der Waals surface area contributed by atoms with Gasteiger partial charge in [-0.3, -0.25) is 14.5 Å². The normalized spacial score (nSPS) is 32.1. The van der Waals surface area contributed by atoms with Crippen LogP contribution in [0.2, 0.25) is 0 Å². The molecule has 2 aliphatic rings. The molecule has 21 heavy (non-hydrogen) atoms. The summed E-state index contributed by atoms with van der Waals surface area (Å²) in [5, 5.41) is 19.3. The molecular formula is C12H17F3N2O4. The Bertz CT molecular complexity index is 456. The van der Waals surface area contributed by atoms with Gasteiger partial charge in [0.15, 0.2) is 0 Å². The average molecular weight is 310 g/mol. The quantitative estimate of drug-likeness (QED) is 0.782. The second-order valence-electron chi connectivity index (χ2n) is 5.44. The van der Waals surface area contributed by atoms with Crippen molar-refractivity contribution >= 4 is 11.9 Å². The zero-order valence-corrected chi connectivity index (χ0v) is 11.4. The SMILES string of the molecule is CCN1C(=O)C[C@@H]2CN([C@@H](C(=O)O)C(F)(F)F)CC[C@@]21O. The molecular weight excluding hydrogens is 293 g/mol. The summed E-state index contributed by atoms with van der Waals surface area (Å²) in [6.45, 7) is 1.45. The second kappa shape index (κ2) is 5.13. The molecule has 2 heterocycles. The molecule has 0 aromatic carbocycles. The number of rotatable bonds is 3. The van der Waals surface area contributed by atoms with Gasteiger partial charge in [-0.15, -0.1) is 0 Å². The monoisotopic (exact) mass is 310 g/mol. The predicted molar refractivity (Wildman–Crippen MR) is 64.1 cm³/mol. The fourth-order valence-corrected chi connectivity index (χ4v) is 3.34. The molecule has 0 unspecified atom stereocenters. The van der Waals surface area contributed by atoms with Crippen LogP contribution in [0.1, 0.15) is 19.8 Å². The molecule has 120 valence electrons. The molecule has 0 spiro atoms. The molecule has 2 fully saturated rings. The first-order valence-corrected chi connectivity index (χ1v) is 6.67. The van der Waals surface area contributed by atoms with Gasteiger partial charge in [-0.25, -0.2) is 0 Å². The molecule has 2 aliphatic heterocycles. The first kappa shape index (κ1) is 16.0. The lowest BCUT2D eigenvalue weighted by Gasteiger charge is -2.45. The highest BCUT2D eigenvalue weighted by molar-refractivity contribution is 5.80. The van der Waals surface area contributed by atoms with Crippen molar-refractivity contribution in [1.82, 2.24) is 9.80 Å². The van der Waals surface area contributed by atoms with Crippen LogP contribution >= 0.6 is 0 Å². The van der Waals surface area contributed by atoms with Gasteiger partial charge in [0.1, 0.15) is 5.72 Å². The van der Waals surface area contributed by atoms with Crippen molar-refractivity contribution in [3.05, 3.63) is 0 Å². The summed E-state index contributed by atoms with van der Waals surface area (Å²) >= 11 is 0. The van der Waals surface area contributed by atoms with Crippen molar-refractivity contribution in [3.8, 4) is 0 Å². The van der Waals surface area contributed by atoms with E-state index in [1.165, 1.54) is 4.90 Å². The molecule has 0 aliphatic carbocycles. The topological polar surface area (TPSA) is 81.1 Å². The number of carboxylic acids is 1. The third-order valence-corrected chi connectivity index (χ3v) is 4.29. The molecule has 0 aromatic rings. The van der Waals surface area contributed by atoms with Gasteiger partial charge in [-0.1, -0.05) is 0 Å². The van der Waals surface area contributed by atoms with Crippen molar-refractivity contribution in [1.29, 1.82) is 0 Å². The Hall–Kier alpha value is -1.35. The van der Waals surface area contributed by atoms with E-state index >= 15 is 0 Å². The zero-order valence-electron chi connectivity index (χ0n) is 11.4. The minimum atomic E-state index is -4.89. The van der Waals surface area contributed by atoms with Gasteiger partial charge in [0.05, 0.1) is 0 Å². The van der Waals surface area contributed by atoms with E-state index in [1.807, 2.05) is 0 Å². The Balaban J connectivity index is 2.21. The third kappa shape index (κ3) is 2.59. The molecule has 3 atom stereocenters. The van der Waals surface area contributed by atoms with Crippen LogP contribution in [0, 0.1) is 5.92 Å². The van der Waals surface area contributed by atoms with E-state index in [0.29, 0.717) is 0 Å². The van der Waals surface area contributed by atoms with Crippen LogP contribution in [0.5, 0.6) is 0 Å². The number of fused-ring (bicyclic) bond motifs is 1. The Morgan fingerprint density at radius 3 is 2.62 bits per heavy atom. The number of halogens is 3. The largest absolute Gasteiger partial charge is 0.480 e. The predicted octanol–water partition coefficient (Wildman–Crippen LogP) is 0.265. The molecule has 6 nitrogen and oxygen atoms in total. The zero-order chi connectivity index (χ0) is 16.0. The van der Waals surface area contributed by atoms with Crippen LogP contribution in [0.25, 0.3) is 0 Å². The first-order chi connectivity index (χ1) is 9.61. The Kier molecular flexibility index (Phi) is 3.92. The van der Waals surface area contributed by atoms with E-state index in [9.17, 15) is 27.9 Å². The van der Waals surface area contributed by atoms with Gasteiger partial charge in [-0.2, -0.15) is 13.2 Å². The van der Waals surface area contributed by atoms with E-state index in [0.717, 1.165) is 4.90 Å². The van der Waals surface area contributed by atoms with E-state index < -0.39 is 29.8 Å². The van der Waals surface area contributed by atoms with E-state index in [-0.39, 0.29) is 38.4 Å². The number of aliphatic carboxylic acids is 1. The number of piperidine rings is 1. The molecule has 0 radical (unpaired) electrons. The van der Waals surface area contributed by atoms with Gasteiger partial charge in [-0.05, 0) is 6.92 Å². The van der Waals surface area contributed by atoms with E-state index in [4.69, 9.17) is 5.11 Å². The van der Waals surface area contributed by atoms with Crippen molar-refractivity contribution < 1.29 is 33.0 Å². The van der Waals surface area contributed by atoms with Crippen LogP contribution in [-0.4, -0.2) is 69.5 Å². The second-order valence-corrected chi connectivity index (χ2v) is 5.44. The first-order valence-electron chi connectivity index (χ1n) is 6.67. The number of carbonyl (C=O) groups is 2. The maximum Gasteiger partial charge on any atom is 0.414 e. The minimum Gasteiger partial charge on any atom is -0.480 e. The molecule has 9 heteroatoms. The lowest BCUT2D eigenvalue weighted by Crippen LogP contribution is -2.62. The maximum absolute atomic E-state index is 12.9. The minimum absolute atomic E-state index is 0.0644. The van der Waals surface area contributed by atoms with Crippen LogP contribution < -0.4 is 0 Å². The number of nitrogens with zero attached hydrogens (tertiary/aromatic N) is 2. The highest BCUT2D eigenvalue weighted by Crippen LogP contribution is 2.41. The summed E-state index contributed by atoms with van der Waals surface area (Å²) in [6, 6.07) is -2.60. The molecule has 2 saturated heterocycles. The lowest BCUT2D eigenvalue weighted by atomic mass is 9.88. The summed E-state index contributed by atoms with van der Waals surface area (Å²) in [4.78, 5) is 24.7. The Morgan fingerprint density at radius 2 is 2.14 bits per heavy atom. The highest BCUT2D eigenvalue weighted by atomic mass is 19.4. The van der Waals surface area contributed by atoms with E-state index in [1.54, 1.807) is 6.92 Å². The van der Waals surface area contributed by atoms with Gasteiger partial charge >= 0.3 is 12.1 Å². The number of carbonyl (C=O) groups excluding carboxylic acids is 1. The van der Waals surface area contributed by atoms with E-state index in [2.05, 4.69) is 0 Å². The Morgan fingerprint density at radius 1 is 1.52 bits per heavy atom. The van der Waals surface area contributed by atoms with Crippen LogP contribution in [0.3, 0.4) is 0 Å². The smallest absolute Gasteiger partial charge is 0.414 e. The summed E-state index contributed by atoms with van der Waals surface area (Å²) in [6.07, 6.45) is -5.05. The van der Waals surface area contributed by atoms with Gasteiger partial charge in [0.25, 0.3) is 0 Å². The molecule has 2 rings (SSSR count). The summed E-state index contributed by atoms with van der Waals surface area (Å²) in [7, 11) is 0. The van der Waals surface area contributed by atoms with Crippen molar-refractivity contribution in [2.75, 3.05) is 19.6 Å². The number of carboxylic acid groups (broad SMARTS) is 1. The molecule has 0 bridgehead atoms. The number of hydrogen-bond donors (Lipinski definition) is 2. The molecule has 0 saturated carbocycles. The van der Waals surface area contributed by atoms with Gasteiger partial charge in [0, 0.05) is 38.4 Å². The van der Waals surface area contributed by atoms with Crippen LogP contribution in [0.15, 0.2) is 0 Å². The van der Waals surface area contributed by atoms with Crippen molar-refractivity contribution in [3.63, 3.8) is 0 Å². The summed E-state index contributed by atoms with van der Waals surface area (Å²) < 4.78 is 38.6. The lowest BCUT2D eigenvalue weighted by molar-refractivity contribution is -0.215. The third-order valence-electron chi connectivity index (χ3n) is 4.29. The number of aliphatic hydroxyl groups is 1. The summed E-state index contributed by atoms with van der Waals surface area (Å²) in [5.74, 6) is -2.99. The molecule has 2 N–H and O–H groups in total. The van der Waals surface area contributed by atoms with Crippen LogP contribution in [-0.2, 0) is 9.59 Å². The fraction of sp³-hybridized carbons (Fsp3) is 0.833. The fourth-order valence-electron chi connectivity index (χ4n) is 3.34. The van der Waals surface area contributed by atoms with Crippen molar-refractivity contribution in [2.45, 2.75) is 37.7 Å². The number of likely N-dealkylation sites (tertiary alicyclic amines) is 2. The molecule has 0 aromatic heterocycles. The van der Waals surface area contributed by atoms with Gasteiger partial charge in [0.2, 0.25) is 11.9 Å². The van der Waals surface area contributed by atoms with Crippen molar-refractivity contribution in [2.24, 2.45) is 5.92 Å². The Labute approximate surface area is 119 Å². The highest BCUT2D eigenvalue weighted by Gasteiger charge is 2.57. The number of hydrogen-bond acceptors (Lipinski definition) is 4. The average Bonchev–Trinajstić information content (AvgIpc) is 2.56. The van der Waals surface area contributed by atoms with Crippen LogP contribution in [0.4, 0.5) is 13.2 Å². The van der Waals surface area contributed by atoms with Gasteiger partial charge < -0.3 is 15.1 Å². The number of alkyl halides is 3. The maximum atomic E-state index is 12.9. The number of amides is 1. The summed E-state index contributed by atoms with van der Waals surface area (Å²) in [5.41, 5.74) is -1.46. The standard InChI is InChI=1S/C12H17F3N2O4/c1-2-17-8(18)5-7-6-16(4-3-11(7,17)21)9(10(19)20)12(13,14)15/h7,9,21H,2-6H2,1H3,(H,19,20)/t7-,9+,11-/m1/s1. The molecule has 1 amide bonds.